The Balaban J connectivity index is 1.75. The van der Waals surface area contributed by atoms with Crippen LogP contribution in [0.4, 0.5) is 0 Å². The molecule has 0 saturated heterocycles. The summed E-state index contributed by atoms with van der Waals surface area (Å²) in [6.45, 7) is 4.72. The maximum Gasteiger partial charge on any atom is 0.253 e. The lowest BCUT2D eigenvalue weighted by atomic mass is 10.1. The van der Waals surface area contributed by atoms with E-state index < -0.39 is 0 Å². The molecule has 2 aromatic rings. The van der Waals surface area contributed by atoms with Crippen molar-refractivity contribution in [1.29, 1.82) is 0 Å². The Hall–Kier alpha value is -2.63. The number of carbonyl (C=O) groups is 1. The van der Waals surface area contributed by atoms with Crippen LogP contribution >= 0.6 is 0 Å². The van der Waals surface area contributed by atoms with E-state index in [4.69, 9.17) is 4.74 Å². The summed E-state index contributed by atoms with van der Waals surface area (Å²) in [6, 6.07) is 7.28. The normalized spacial score (nSPS) is 10.3. The molecule has 0 aliphatic carbocycles. The van der Waals surface area contributed by atoms with Gasteiger partial charge in [-0.3, -0.25) is 14.2 Å². The molecule has 0 fully saturated rings. The van der Waals surface area contributed by atoms with E-state index in [1.165, 1.54) is 23.2 Å². The van der Waals surface area contributed by atoms with Crippen molar-refractivity contribution in [2.24, 2.45) is 0 Å². The minimum Gasteiger partial charge on any atom is -0.492 e. The Morgan fingerprint density at radius 2 is 2.00 bits per heavy atom. The molecule has 1 N–H and O–H groups in total. The highest BCUT2D eigenvalue weighted by Gasteiger charge is 2.04. The molecule has 0 radical (unpaired) electrons. The van der Waals surface area contributed by atoms with Gasteiger partial charge < -0.3 is 10.1 Å². The molecule has 0 unspecified atom stereocenters. The highest BCUT2D eigenvalue weighted by atomic mass is 16.5. The molecular formula is C16H19N3O3. The number of carbonyl (C=O) groups excluding carboxylic acids is 1. The molecule has 0 aliphatic rings. The average molecular weight is 301 g/mol. The standard InChI is InChI=1S/C16H19N3O3/c1-12-7-13(2)9-14(8-12)22-6-5-18-15(20)10-19-11-17-4-3-16(19)21/h3-4,7-9,11H,5-6,10H2,1-2H3,(H,18,20). The van der Waals surface area contributed by atoms with Crippen LogP contribution in [0.25, 0.3) is 0 Å². The minimum atomic E-state index is -0.253. The number of hydrogen-bond acceptors (Lipinski definition) is 4. The van der Waals surface area contributed by atoms with Crippen molar-refractivity contribution in [3.05, 3.63) is 58.3 Å². The van der Waals surface area contributed by atoms with E-state index in [9.17, 15) is 9.59 Å². The molecule has 0 aliphatic heterocycles. The van der Waals surface area contributed by atoms with E-state index >= 15 is 0 Å². The van der Waals surface area contributed by atoms with Crippen molar-refractivity contribution in [2.45, 2.75) is 20.4 Å². The van der Waals surface area contributed by atoms with Gasteiger partial charge in [0.15, 0.2) is 0 Å². The van der Waals surface area contributed by atoms with Gasteiger partial charge in [0.25, 0.3) is 5.56 Å². The van der Waals surface area contributed by atoms with Crippen LogP contribution in [-0.2, 0) is 11.3 Å². The first-order chi connectivity index (χ1) is 10.5. The van der Waals surface area contributed by atoms with Gasteiger partial charge in [-0.05, 0) is 37.1 Å². The lowest BCUT2D eigenvalue weighted by molar-refractivity contribution is -0.121. The SMILES string of the molecule is Cc1cc(C)cc(OCCNC(=O)Cn2cnccc2=O)c1. The summed E-state index contributed by atoms with van der Waals surface area (Å²) in [5.41, 5.74) is 2.02. The Morgan fingerprint density at radius 3 is 2.68 bits per heavy atom. The molecule has 1 aromatic heterocycles. The summed E-state index contributed by atoms with van der Waals surface area (Å²) in [5.74, 6) is 0.536. The van der Waals surface area contributed by atoms with Crippen LogP contribution in [-0.4, -0.2) is 28.6 Å². The number of hydrogen-bond donors (Lipinski definition) is 1. The molecule has 0 atom stereocenters. The molecule has 1 aromatic carbocycles. The van der Waals surface area contributed by atoms with Crippen molar-refractivity contribution >= 4 is 5.91 Å². The zero-order chi connectivity index (χ0) is 15.9. The van der Waals surface area contributed by atoms with E-state index in [0.717, 1.165) is 16.9 Å². The maximum atomic E-state index is 11.7. The molecule has 22 heavy (non-hydrogen) atoms. The van der Waals surface area contributed by atoms with Gasteiger partial charge in [-0.25, -0.2) is 4.98 Å². The van der Waals surface area contributed by atoms with Crippen molar-refractivity contribution in [2.75, 3.05) is 13.2 Å². The summed E-state index contributed by atoms with van der Waals surface area (Å²) in [5, 5.41) is 2.71. The smallest absolute Gasteiger partial charge is 0.253 e. The highest BCUT2D eigenvalue weighted by Crippen LogP contribution is 2.15. The van der Waals surface area contributed by atoms with Crippen LogP contribution in [0.1, 0.15) is 11.1 Å². The largest absolute Gasteiger partial charge is 0.492 e. The molecule has 6 nitrogen and oxygen atoms in total. The van der Waals surface area contributed by atoms with E-state index in [1.54, 1.807) is 0 Å². The summed E-state index contributed by atoms with van der Waals surface area (Å²) in [7, 11) is 0. The second-order valence-electron chi connectivity index (χ2n) is 5.07. The summed E-state index contributed by atoms with van der Waals surface area (Å²) in [4.78, 5) is 27.0. The lowest BCUT2D eigenvalue weighted by Gasteiger charge is -2.10. The number of nitrogens with zero attached hydrogens (tertiary/aromatic N) is 2. The van der Waals surface area contributed by atoms with Gasteiger partial charge in [0, 0.05) is 12.3 Å². The first kappa shape index (κ1) is 15.8. The van der Waals surface area contributed by atoms with Crippen LogP contribution in [0.5, 0.6) is 5.75 Å². The predicted molar refractivity (Wildman–Crippen MR) is 82.9 cm³/mol. The van der Waals surface area contributed by atoms with Crippen molar-refractivity contribution in [3.8, 4) is 5.75 Å². The quantitative estimate of drug-likeness (QED) is 0.810. The van der Waals surface area contributed by atoms with Crippen LogP contribution in [0, 0.1) is 13.8 Å². The topological polar surface area (TPSA) is 73.2 Å². The number of aromatic nitrogens is 2. The summed E-state index contributed by atoms with van der Waals surface area (Å²) >= 11 is 0. The third-order valence-electron chi connectivity index (χ3n) is 2.99. The van der Waals surface area contributed by atoms with E-state index in [-0.39, 0.29) is 18.0 Å². The van der Waals surface area contributed by atoms with E-state index in [2.05, 4.69) is 16.4 Å². The number of rotatable bonds is 6. The van der Waals surface area contributed by atoms with Gasteiger partial charge >= 0.3 is 0 Å². The fourth-order valence-electron chi connectivity index (χ4n) is 2.08. The number of aryl methyl sites for hydroxylation is 2. The van der Waals surface area contributed by atoms with Crippen LogP contribution < -0.4 is 15.6 Å². The molecule has 1 amide bonds. The first-order valence-corrected chi connectivity index (χ1v) is 7.03. The third-order valence-corrected chi connectivity index (χ3v) is 2.99. The third kappa shape index (κ3) is 4.73. The fraction of sp³-hybridized carbons (Fsp3) is 0.312. The Morgan fingerprint density at radius 1 is 1.27 bits per heavy atom. The number of benzene rings is 1. The predicted octanol–water partition coefficient (Wildman–Crippen LogP) is 1.06. The monoisotopic (exact) mass is 301 g/mol. The van der Waals surface area contributed by atoms with E-state index in [1.807, 2.05) is 26.0 Å². The van der Waals surface area contributed by atoms with Crippen molar-refractivity contribution in [3.63, 3.8) is 0 Å². The van der Waals surface area contributed by atoms with Crippen molar-refractivity contribution in [1.82, 2.24) is 14.9 Å². The van der Waals surface area contributed by atoms with Crippen LogP contribution in [0.2, 0.25) is 0 Å². The van der Waals surface area contributed by atoms with Gasteiger partial charge in [0.2, 0.25) is 5.91 Å². The molecule has 0 spiro atoms. The lowest BCUT2D eigenvalue weighted by Crippen LogP contribution is -2.34. The summed E-state index contributed by atoms with van der Waals surface area (Å²) < 4.78 is 6.85. The Bertz CT molecular complexity index is 690. The highest BCUT2D eigenvalue weighted by molar-refractivity contribution is 5.75. The second-order valence-corrected chi connectivity index (χ2v) is 5.07. The fourth-order valence-corrected chi connectivity index (χ4v) is 2.08. The zero-order valence-electron chi connectivity index (χ0n) is 12.7. The first-order valence-electron chi connectivity index (χ1n) is 7.03. The van der Waals surface area contributed by atoms with Gasteiger partial charge in [-0.2, -0.15) is 0 Å². The van der Waals surface area contributed by atoms with Crippen LogP contribution in [0.15, 0.2) is 41.6 Å². The zero-order valence-corrected chi connectivity index (χ0v) is 12.7. The number of amides is 1. The molecular weight excluding hydrogens is 282 g/mol. The molecule has 0 bridgehead atoms. The second kappa shape index (κ2) is 7.40. The molecule has 116 valence electrons. The van der Waals surface area contributed by atoms with Gasteiger partial charge in [0.1, 0.15) is 18.9 Å². The van der Waals surface area contributed by atoms with Gasteiger partial charge in [-0.1, -0.05) is 6.07 Å². The average Bonchev–Trinajstić information content (AvgIpc) is 2.45. The maximum absolute atomic E-state index is 11.7. The van der Waals surface area contributed by atoms with Gasteiger partial charge in [0.05, 0.1) is 12.9 Å². The molecule has 1 heterocycles. The number of ether oxygens (including phenoxy) is 1. The Kier molecular flexibility index (Phi) is 5.30. The number of nitrogens with one attached hydrogen (secondary N) is 1. The molecule has 2 rings (SSSR count). The van der Waals surface area contributed by atoms with Crippen molar-refractivity contribution < 1.29 is 9.53 Å². The van der Waals surface area contributed by atoms with Gasteiger partial charge in [-0.15, -0.1) is 0 Å². The van der Waals surface area contributed by atoms with Crippen LogP contribution in [0.3, 0.4) is 0 Å². The van der Waals surface area contributed by atoms with E-state index in [0.29, 0.717) is 13.2 Å². The molecule has 6 heteroatoms. The Labute approximate surface area is 128 Å². The minimum absolute atomic E-state index is 0.0454. The summed E-state index contributed by atoms with van der Waals surface area (Å²) in [6.07, 6.45) is 2.74. The molecule has 0 saturated carbocycles.